The van der Waals surface area contributed by atoms with Gasteiger partial charge in [0.25, 0.3) is 5.91 Å². The number of hydrogen-bond donors (Lipinski definition) is 3. The van der Waals surface area contributed by atoms with E-state index >= 15 is 0 Å². The Labute approximate surface area is 161 Å². The predicted octanol–water partition coefficient (Wildman–Crippen LogP) is 4.57. The van der Waals surface area contributed by atoms with Crippen LogP contribution in [0, 0.1) is 0 Å². The molecule has 5 nitrogen and oxygen atoms in total. The van der Waals surface area contributed by atoms with Crippen molar-refractivity contribution < 1.29 is 14.6 Å². The van der Waals surface area contributed by atoms with Crippen LogP contribution in [-0.4, -0.2) is 17.6 Å². The fraction of sp³-hybridized carbons (Fsp3) is 0.409. The zero-order valence-electron chi connectivity index (χ0n) is 16.0. The fourth-order valence-corrected chi connectivity index (χ4v) is 2.73. The van der Waals surface area contributed by atoms with Gasteiger partial charge in [-0.3, -0.25) is 10.2 Å². The third kappa shape index (κ3) is 8.13. The molecule has 0 fully saturated rings. The van der Waals surface area contributed by atoms with E-state index in [0.29, 0.717) is 12.1 Å². The standard InChI is InChI=1S/C22H30N2O3/c1-2-3-4-5-6-7-15-27-21-10-8-9-18(16-21)17-23-24-22(26)19-11-13-20(25)14-12-19/h8-14,16,23,25H,2-7,15,17H2,1H3,(H,24,26). The second-order valence-corrected chi connectivity index (χ2v) is 6.62. The van der Waals surface area contributed by atoms with E-state index in [1.165, 1.54) is 44.2 Å². The summed E-state index contributed by atoms with van der Waals surface area (Å²) in [4.78, 5) is 12.0. The van der Waals surface area contributed by atoms with Crippen molar-refractivity contribution in [1.82, 2.24) is 10.9 Å². The highest BCUT2D eigenvalue weighted by Gasteiger charge is 2.04. The third-order valence-electron chi connectivity index (χ3n) is 4.29. The van der Waals surface area contributed by atoms with E-state index in [0.717, 1.165) is 24.3 Å². The normalized spacial score (nSPS) is 10.6. The van der Waals surface area contributed by atoms with Crippen LogP contribution in [0.5, 0.6) is 11.5 Å². The highest BCUT2D eigenvalue weighted by Crippen LogP contribution is 2.14. The van der Waals surface area contributed by atoms with Crippen molar-refractivity contribution in [3.63, 3.8) is 0 Å². The summed E-state index contributed by atoms with van der Waals surface area (Å²) in [6.07, 6.45) is 7.47. The van der Waals surface area contributed by atoms with Crippen molar-refractivity contribution in [2.45, 2.75) is 52.0 Å². The minimum atomic E-state index is -0.245. The quantitative estimate of drug-likeness (QED) is 0.378. The van der Waals surface area contributed by atoms with Crippen LogP contribution < -0.4 is 15.6 Å². The van der Waals surface area contributed by atoms with Crippen molar-refractivity contribution in [3.8, 4) is 11.5 Å². The first-order valence-corrected chi connectivity index (χ1v) is 9.73. The Hall–Kier alpha value is -2.53. The summed E-state index contributed by atoms with van der Waals surface area (Å²) in [6, 6.07) is 14.0. The van der Waals surface area contributed by atoms with Gasteiger partial charge in [0.2, 0.25) is 0 Å². The van der Waals surface area contributed by atoms with Crippen LogP contribution in [0.2, 0.25) is 0 Å². The van der Waals surface area contributed by atoms with Gasteiger partial charge < -0.3 is 9.84 Å². The first-order chi connectivity index (χ1) is 13.2. The number of ether oxygens (including phenoxy) is 1. The third-order valence-corrected chi connectivity index (χ3v) is 4.29. The Morgan fingerprint density at radius 1 is 1.00 bits per heavy atom. The van der Waals surface area contributed by atoms with Crippen LogP contribution in [-0.2, 0) is 6.54 Å². The van der Waals surface area contributed by atoms with Crippen LogP contribution in [0.1, 0.15) is 61.4 Å². The molecule has 0 atom stereocenters. The van der Waals surface area contributed by atoms with Crippen molar-refractivity contribution >= 4 is 5.91 Å². The van der Waals surface area contributed by atoms with Gasteiger partial charge in [0, 0.05) is 12.1 Å². The number of carbonyl (C=O) groups excluding carboxylic acids is 1. The number of amides is 1. The average Bonchev–Trinajstić information content (AvgIpc) is 2.68. The average molecular weight is 370 g/mol. The molecule has 2 rings (SSSR count). The lowest BCUT2D eigenvalue weighted by molar-refractivity contribution is 0.0932. The van der Waals surface area contributed by atoms with E-state index < -0.39 is 0 Å². The van der Waals surface area contributed by atoms with Crippen molar-refractivity contribution in [2.75, 3.05) is 6.61 Å². The van der Waals surface area contributed by atoms with Gasteiger partial charge in [0.05, 0.1) is 6.61 Å². The van der Waals surface area contributed by atoms with Crippen LogP contribution in [0.3, 0.4) is 0 Å². The highest BCUT2D eigenvalue weighted by molar-refractivity contribution is 5.93. The molecule has 0 aliphatic carbocycles. The smallest absolute Gasteiger partial charge is 0.265 e. The molecule has 0 aliphatic heterocycles. The number of carbonyl (C=O) groups is 1. The molecular weight excluding hydrogens is 340 g/mol. The summed E-state index contributed by atoms with van der Waals surface area (Å²) in [6.45, 7) is 3.46. The SMILES string of the molecule is CCCCCCCCOc1cccc(CNNC(=O)c2ccc(O)cc2)c1. The first-order valence-electron chi connectivity index (χ1n) is 9.73. The fourth-order valence-electron chi connectivity index (χ4n) is 2.73. The van der Waals surface area contributed by atoms with Crippen LogP contribution in [0.25, 0.3) is 0 Å². The molecule has 0 unspecified atom stereocenters. The van der Waals surface area contributed by atoms with Crippen LogP contribution in [0.4, 0.5) is 0 Å². The number of benzene rings is 2. The Kier molecular flexibility index (Phi) is 9.21. The second-order valence-electron chi connectivity index (χ2n) is 6.62. The van der Waals surface area contributed by atoms with Gasteiger partial charge in [-0.05, 0) is 48.4 Å². The highest BCUT2D eigenvalue weighted by atomic mass is 16.5. The van der Waals surface area contributed by atoms with Crippen molar-refractivity contribution in [2.24, 2.45) is 0 Å². The van der Waals surface area contributed by atoms with Gasteiger partial charge in [-0.1, -0.05) is 51.2 Å². The summed E-state index contributed by atoms with van der Waals surface area (Å²) in [5, 5.41) is 9.26. The molecule has 0 bridgehead atoms. The summed E-state index contributed by atoms with van der Waals surface area (Å²) >= 11 is 0. The first kappa shape index (κ1) is 20.8. The Balaban J connectivity index is 1.67. The van der Waals surface area contributed by atoms with E-state index in [1.54, 1.807) is 12.1 Å². The topological polar surface area (TPSA) is 70.6 Å². The molecule has 1 amide bonds. The lowest BCUT2D eigenvalue weighted by Gasteiger charge is -2.10. The molecule has 2 aromatic carbocycles. The van der Waals surface area contributed by atoms with E-state index in [9.17, 15) is 9.90 Å². The maximum Gasteiger partial charge on any atom is 0.265 e. The summed E-state index contributed by atoms with van der Waals surface area (Å²) in [5.74, 6) is 0.746. The molecule has 0 spiro atoms. The minimum Gasteiger partial charge on any atom is -0.508 e. The number of nitrogens with one attached hydrogen (secondary N) is 2. The molecule has 0 aliphatic rings. The molecule has 0 saturated heterocycles. The maximum absolute atomic E-state index is 12.0. The minimum absolute atomic E-state index is 0.136. The lowest BCUT2D eigenvalue weighted by Crippen LogP contribution is -2.36. The van der Waals surface area contributed by atoms with Crippen molar-refractivity contribution in [1.29, 1.82) is 0 Å². The zero-order chi connectivity index (χ0) is 19.3. The number of phenolic OH excluding ortho intramolecular Hbond substituents is 1. The molecule has 146 valence electrons. The van der Waals surface area contributed by atoms with Gasteiger partial charge >= 0.3 is 0 Å². The van der Waals surface area contributed by atoms with E-state index in [1.807, 2.05) is 24.3 Å². The molecule has 0 radical (unpaired) electrons. The summed E-state index contributed by atoms with van der Waals surface area (Å²) in [7, 11) is 0. The largest absolute Gasteiger partial charge is 0.508 e. The molecular formula is C22H30N2O3. The van der Waals surface area contributed by atoms with Crippen molar-refractivity contribution in [3.05, 3.63) is 59.7 Å². The molecule has 3 N–H and O–H groups in total. The van der Waals surface area contributed by atoms with E-state index in [-0.39, 0.29) is 11.7 Å². The lowest BCUT2D eigenvalue weighted by atomic mass is 10.1. The van der Waals surface area contributed by atoms with Gasteiger partial charge in [0.1, 0.15) is 11.5 Å². The number of hydrogen-bond acceptors (Lipinski definition) is 4. The molecule has 5 heteroatoms. The molecule has 2 aromatic rings. The Morgan fingerprint density at radius 2 is 1.74 bits per heavy atom. The molecule has 0 aromatic heterocycles. The number of hydrazine groups is 1. The van der Waals surface area contributed by atoms with Gasteiger partial charge in [-0.2, -0.15) is 0 Å². The Bertz CT molecular complexity index is 686. The van der Waals surface area contributed by atoms with E-state index in [2.05, 4.69) is 17.8 Å². The molecule has 0 heterocycles. The maximum atomic E-state index is 12.0. The molecule has 0 saturated carbocycles. The monoisotopic (exact) mass is 370 g/mol. The van der Waals surface area contributed by atoms with Gasteiger partial charge in [-0.25, -0.2) is 5.43 Å². The summed E-state index contributed by atoms with van der Waals surface area (Å²) < 4.78 is 5.82. The predicted molar refractivity (Wildman–Crippen MR) is 108 cm³/mol. The number of unbranched alkanes of at least 4 members (excludes halogenated alkanes) is 5. The van der Waals surface area contributed by atoms with E-state index in [4.69, 9.17) is 4.74 Å². The number of phenols is 1. The van der Waals surface area contributed by atoms with Gasteiger partial charge in [-0.15, -0.1) is 0 Å². The van der Waals surface area contributed by atoms with Crippen LogP contribution in [0.15, 0.2) is 48.5 Å². The number of rotatable bonds is 12. The van der Waals surface area contributed by atoms with Gasteiger partial charge in [0.15, 0.2) is 0 Å². The summed E-state index contributed by atoms with van der Waals surface area (Å²) in [5.41, 5.74) is 7.08. The number of aromatic hydroxyl groups is 1. The van der Waals surface area contributed by atoms with Crippen LogP contribution >= 0.6 is 0 Å². The zero-order valence-corrected chi connectivity index (χ0v) is 16.0. The Morgan fingerprint density at radius 3 is 2.52 bits per heavy atom. The molecule has 27 heavy (non-hydrogen) atoms. The second kappa shape index (κ2) is 12.0.